The molecule has 0 saturated heterocycles. The molecule has 2 aromatic rings. The molecule has 2 rings (SSSR count). The Balaban J connectivity index is 2.02. The molecule has 0 atom stereocenters. The molecule has 0 aliphatic heterocycles. The van der Waals surface area contributed by atoms with Crippen LogP contribution in [0, 0.1) is 13.8 Å². The van der Waals surface area contributed by atoms with E-state index in [1.165, 1.54) is 6.07 Å². The van der Waals surface area contributed by atoms with Crippen molar-refractivity contribution in [2.45, 2.75) is 18.7 Å². The monoisotopic (exact) mass is 318 g/mol. The molecule has 116 valence electrons. The normalized spacial score (nSPS) is 11.2. The van der Waals surface area contributed by atoms with Crippen molar-refractivity contribution in [2.75, 3.05) is 11.9 Å². The highest BCUT2D eigenvalue weighted by Gasteiger charge is 2.17. The number of anilines is 1. The number of amides is 1. The SMILES string of the molecule is Cc1ccccc1NC(=O)CNS(=O)(=O)c1ccccc1C. The zero-order valence-corrected chi connectivity index (χ0v) is 13.3. The van der Waals surface area contributed by atoms with Gasteiger partial charge in [-0.25, -0.2) is 13.1 Å². The van der Waals surface area contributed by atoms with Crippen LogP contribution in [0.1, 0.15) is 11.1 Å². The fourth-order valence-electron chi connectivity index (χ4n) is 2.00. The van der Waals surface area contributed by atoms with Crippen LogP contribution < -0.4 is 10.0 Å². The van der Waals surface area contributed by atoms with Crippen LogP contribution in [0.25, 0.3) is 0 Å². The van der Waals surface area contributed by atoms with Crippen molar-refractivity contribution < 1.29 is 13.2 Å². The number of benzene rings is 2. The van der Waals surface area contributed by atoms with Crippen LogP contribution in [0.4, 0.5) is 5.69 Å². The van der Waals surface area contributed by atoms with Crippen LogP contribution in [0.5, 0.6) is 0 Å². The highest BCUT2D eigenvalue weighted by Crippen LogP contribution is 2.14. The van der Waals surface area contributed by atoms with Crippen molar-refractivity contribution >= 4 is 21.6 Å². The summed E-state index contributed by atoms with van der Waals surface area (Å²) in [5, 5.41) is 2.68. The van der Waals surface area contributed by atoms with E-state index in [1.54, 1.807) is 37.3 Å². The van der Waals surface area contributed by atoms with Crippen molar-refractivity contribution in [3.05, 3.63) is 59.7 Å². The molecule has 0 radical (unpaired) electrons. The maximum Gasteiger partial charge on any atom is 0.241 e. The van der Waals surface area contributed by atoms with E-state index in [-0.39, 0.29) is 11.4 Å². The van der Waals surface area contributed by atoms with Crippen LogP contribution in [0.15, 0.2) is 53.4 Å². The van der Waals surface area contributed by atoms with E-state index >= 15 is 0 Å². The zero-order valence-electron chi connectivity index (χ0n) is 12.5. The van der Waals surface area contributed by atoms with Gasteiger partial charge in [-0.1, -0.05) is 36.4 Å². The summed E-state index contributed by atoms with van der Waals surface area (Å²) >= 11 is 0. The average molecular weight is 318 g/mol. The molecular weight excluding hydrogens is 300 g/mol. The molecule has 0 heterocycles. The lowest BCUT2D eigenvalue weighted by molar-refractivity contribution is -0.115. The van der Waals surface area contributed by atoms with Crippen molar-refractivity contribution in [3.8, 4) is 0 Å². The Morgan fingerprint density at radius 3 is 2.18 bits per heavy atom. The first-order chi connectivity index (χ1) is 10.4. The first kappa shape index (κ1) is 16.2. The molecule has 0 aliphatic carbocycles. The molecule has 0 aliphatic rings. The van der Waals surface area contributed by atoms with Gasteiger partial charge < -0.3 is 5.32 Å². The number of carbonyl (C=O) groups excluding carboxylic acids is 1. The maximum atomic E-state index is 12.2. The molecule has 2 aromatic carbocycles. The molecular formula is C16H18N2O3S. The summed E-state index contributed by atoms with van der Waals surface area (Å²) in [6.45, 7) is 3.26. The van der Waals surface area contributed by atoms with Gasteiger partial charge in [-0.15, -0.1) is 0 Å². The lowest BCUT2D eigenvalue weighted by atomic mass is 10.2. The van der Waals surface area contributed by atoms with Crippen molar-refractivity contribution in [1.29, 1.82) is 0 Å². The minimum atomic E-state index is -3.70. The van der Waals surface area contributed by atoms with E-state index in [4.69, 9.17) is 0 Å². The third-order valence-corrected chi connectivity index (χ3v) is 4.79. The molecule has 0 aromatic heterocycles. The molecule has 0 unspecified atom stereocenters. The number of carbonyl (C=O) groups is 1. The molecule has 0 saturated carbocycles. The van der Waals surface area contributed by atoms with Crippen LogP contribution in [-0.4, -0.2) is 20.9 Å². The highest BCUT2D eigenvalue weighted by atomic mass is 32.2. The molecule has 0 fully saturated rings. The van der Waals surface area contributed by atoms with Crippen LogP contribution >= 0.6 is 0 Å². The minimum absolute atomic E-state index is 0.179. The van der Waals surface area contributed by atoms with Crippen molar-refractivity contribution in [1.82, 2.24) is 4.72 Å². The zero-order chi connectivity index (χ0) is 16.2. The number of hydrogen-bond donors (Lipinski definition) is 2. The van der Waals surface area contributed by atoms with Gasteiger partial charge in [0.05, 0.1) is 11.4 Å². The Hall–Kier alpha value is -2.18. The topological polar surface area (TPSA) is 75.3 Å². The van der Waals surface area contributed by atoms with E-state index < -0.39 is 15.9 Å². The van der Waals surface area contributed by atoms with Gasteiger partial charge in [0.15, 0.2) is 0 Å². The third-order valence-electron chi connectivity index (χ3n) is 3.23. The van der Waals surface area contributed by atoms with Gasteiger partial charge in [-0.2, -0.15) is 0 Å². The maximum absolute atomic E-state index is 12.2. The first-order valence-corrected chi connectivity index (χ1v) is 8.29. The lowest BCUT2D eigenvalue weighted by Crippen LogP contribution is -2.33. The third kappa shape index (κ3) is 3.93. The van der Waals surface area contributed by atoms with Gasteiger partial charge in [0.25, 0.3) is 0 Å². The molecule has 5 nitrogen and oxygen atoms in total. The lowest BCUT2D eigenvalue weighted by Gasteiger charge is -2.10. The van der Waals surface area contributed by atoms with Gasteiger partial charge >= 0.3 is 0 Å². The Morgan fingerprint density at radius 2 is 1.55 bits per heavy atom. The second-order valence-corrected chi connectivity index (χ2v) is 6.69. The van der Waals surface area contributed by atoms with Gasteiger partial charge in [-0.05, 0) is 37.1 Å². The van der Waals surface area contributed by atoms with Crippen molar-refractivity contribution in [3.63, 3.8) is 0 Å². The summed E-state index contributed by atoms with van der Waals surface area (Å²) in [6.07, 6.45) is 0. The Morgan fingerprint density at radius 1 is 0.955 bits per heavy atom. The number of hydrogen-bond acceptors (Lipinski definition) is 3. The first-order valence-electron chi connectivity index (χ1n) is 6.81. The summed E-state index contributed by atoms with van der Waals surface area (Å²) in [4.78, 5) is 12.1. The summed E-state index contributed by atoms with van der Waals surface area (Å²) in [5.41, 5.74) is 2.22. The quantitative estimate of drug-likeness (QED) is 0.887. The molecule has 1 amide bonds. The smallest absolute Gasteiger partial charge is 0.241 e. The van der Waals surface area contributed by atoms with Gasteiger partial charge in [0.2, 0.25) is 15.9 Å². The molecule has 2 N–H and O–H groups in total. The summed E-state index contributed by atoms with van der Waals surface area (Å²) in [7, 11) is -3.70. The van der Waals surface area contributed by atoms with Crippen LogP contribution in [0.3, 0.4) is 0 Å². The number of nitrogens with one attached hydrogen (secondary N) is 2. The number of rotatable bonds is 5. The second-order valence-electron chi connectivity index (χ2n) is 4.95. The van der Waals surface area contributed by atoms with E-state index in [1.807, 2.05) is 19.1 Å². The van der Waals surface area contributed by atoms with Crippen molar-refractivity contribution in [2.24, 2.45) is 0 Å². The minimum Gasteiger partial charge on any atom is -0.325 e. The predicted octanol–water partition coefficient (Wildman–Crippen LogP) is 2.22. The summed E-state index contributed by atoms with van der Waals surface area (Å²) in [5.74, 6) is -0.411. The molecule has 0 spiro atoms. The molecule has 22 heavy (non-hydrogen) atoms. The average Bonchev–Trinajstić information content (AvgIpc) is 2.48. The van der Waals surface area contributed by atoms with E-state index in [2.05, 4.69) is 10.0 Å². The Labute approximate surface area is 130 Å². The fourth-order valence-corrected chi connectivity index (χ4v) is 3.23. The number of aryl methyl sites for hydroxylation is 2. The van der Waals surface area contributed by atoms with Gasteiger partial charge in [0.1, 0.15) is 0 Å². The summed E-state index contributed by atoms with van der Waals surface area (Å²) in [6, 6.07) is 13.9. The second kappa shape index (κ2) is 6.72. The van der Waals surface area contributed by atoms with Gasteiger partial charge in [0, 0.05) is 5.69 Å². The largest absolute Gasteiger partial charge is 0.325 e. The van der Waals surface area contributed by atoms with E-state index in [9.17, 15) is 13.2 Å². The van der Waals surface area contributed by atoms with E-state index in [0.717, 1.165) is 5.56 Å². The number of sulfonamides is 1. The highest BCUT2D eigenvalue weighted by molar-refractivity contribution is 7.89. The standard InChI is InChI=1S/C16H18N2O3S/c1-12-7-3-5-9-14(12)18-16(19)11-17-22(20,21)15-10-6-4-8-13(15)2/h3-10,17H,11H2,1-2H3,(H,18,19). The van der Waals surface area contributed by atoms with E-state index in [0.29, 0.717) is 11.3 Å². The van der Waals surface area contributed by atoms with Gasteiger partial charge in [-0.3, -0.25) is 4.79 Å². The molecule has 0 bridgehead atoms. The van der Waals surface area contributed by atoms with Crippen LogP contribution in [-0.2, 0) is 14.8 Å². The Kier molecular flexibility index (Phi) is 4.95. The summed E-state index contributed by atoms with van der Waals surface area (Å²) < 4.78 is 26.7. The molecule has 6 heteroatoms. The number of para-hydroxylation sites is 1. The van der Waals surface area contributed by atoms with Crippen LogP contribution in [0.2, 0.25) is 0 Å². The predicted molar refractivity (Wildman–Crippen MR) is 86.2 cm³/mol. The fraction of sp³-hybridized carbons (Fsp3) is 0.188. The Bertz CT molecular complexity index is 785.